The summed E-state index contributed by atoms with van der Waals surface area (Å²) >= 11 is 5.72. The Morgan fingerprint density at radius 2 is 2.11 bits per heavy atom. The van der Waals surface area contributed by atoms with Crippen molar-refractivity contribution in [2.75, 3.05) is 0 Å². The fourth-order valence-corrected chi connectivity index (χ4v) is 1.72. The van der Waals surface area contributed by atoms with E-state index < -0.39 is 0 Å². The molecule has 0 atom stereocenters. The first-order chi connectivity index (χ1) is 9.13. The lowest BCUT2D eigenvalue weighted by Gasteiger charge is -2.05. The number of carbonyl (C=O) groups excluding carboxylic acids is 1. The quantitative estimate of drug-likeness (QED) is 0.915. The van der Waals surface area contributed by atoms with Crippen molar-refractivity contribution in [3.63, 3.8) is 0 Å². The lowest BCUT2D eigenvalue weighted by molar-refractivity contribution is -0.121. The molecule has 1 aromatic carbocycles. The summed E-state index contributed by atoms with van der Waals surface area (Å²) in [6, 6.07) is 6.02. The number of hydrogen-bond donors (Lipinski definition) is 1. The maximum atomic E-state index is 12.7. The van der Waals surface area contributed by atoms with E-state index in [9.17, 15) is 9.18 Å². The molecule has 1 aromatic heterocycles. The van der Waals surface area contributed by atoms with E-state index in [0.717, 1.165) is 5.56 Å². The Labute approximate surface area is 115 Å². The standard InChI is InChI=1S/C13H13ClFN3O/c14-11-8-17-18(9-11)6-5-13(19)16-7-10-1-3-12(15)4-2-10/h1-4,8-9H,5-7H2,(H,16,19). The minimum absolute atomic E-state index is 0.0871. The predicted octanol–water partition coefficient (Wildman–Crippen LogP) is 2.38. The number of aryl methyl sites for hydroxylation is 1. The highest BCUT2D eigenvalue weighted by Crippen LogP contribution is 2.05. The minimum Gasteiger partial charge on any atom is -0.352 e. The SMILES string of the molecule is O=C(CCn1cc(Cl)cn1)NCc1ccc(F)cc1. The Bertz CT molecular complexity index is 553. The zero-order valence-electron chi connectivity index (χ0n) is 10.1. The van der Waals surface area contributed by atoms with Gasteiger partial charge in [-0.25, -0.2) is 4.39 Å². The molecule has 0 radical (unpaired) electrons. The Morgan fingerprint density at radius 3 is 2.74 bits per heavy atom. The molecule has 2 aromatic rings. The van der Waals surface area contributed by atoms with Gasteiger partial charge in [0.25, 0.3) is 0 Å². The van der Waals surface area contributed by atoms with Gasteiger partial charge in [0.15, 0.2) is 0 Å². The maximum Gasteiger partial charge on any atom is 0.222 e. The van der Waals surface area contributed by atoms with E-state index in [0.29, 0.717) is 24.5 Å². The minimum atomic E-state index is -0.286. The van der Waals surface area contributed by atoms with Gasteiger partial charge in [-0.1, -0.05) is 23.7 Å². The van der Waals surface area contributed by atoms with Crippen molar-refractivity contribution in [1.29, 1.82) is 0 Å². The summed E-state index contributed by atoms with van der Waals surface area (Å²) in [5, 5.41) is 7.29. The average Bonchev–Trinajstić information content (AvgIpc) is 2.81. The molecular formula is C13H13ClFN3O. The Morgan fingerprint density at radius 1 is 1.37 bits per heavy atom. The highest BCUT2D eigenvalue weighted by atomic mass is 35.5. The predicted molar refractivity (Wildman–Crippen MR) is 70.1 cm³/mol. The summed E-state index contributed by atoms with van der Waals surface area (Å²) in [4.78, 5) is 11.6. The van der Waals surface area contributed by atoms with Gasteiger partial charge in [0.05, 0.1) is 11.2 Å². The molecule has 0 saturated heterocycles. The molecule has 0 fully saturated rings. The van der Waals surface area contributed by atoms with Crippen molar-refractivity contribution >= 4 is 17.5 Å². The topological polar surface area (TPSA) is 46.9 Å². The van der Waals surface area contributed by atoms with Crippen molar-refractivity contribution < 1.29 is 9.18 Å². The summed E-state index contributed by atoms with van der Waals surface area (Å²) in [7, 11) is 0. The molecule has 0 aliphatic rings. The van der Waals surface area contributed by atoms with Gasteiger partial charge in [-0.2, -0.15) is 5.10 Å². The summed E-state index contributed by atoms with van der Waals surface area (Å²) in [5.74, 6) is -0.374. The van der Waals surface area contributed by atoms with Crippen LogP contribution in [0.25, 0.3) is 0 Å². The van der Waals surface area contributed by atoms with Gasteiger partial charge in [-0.05, 0) is 17.7 Å². The largest absolute Gasteiger partial charge is 0.352 e. The van der Waals surface area contributed by atoms with E-state index in [2.05, 4.69) is 10.4 Å². The molecule has 0 aliphatic heterocycles. The van der Waals surface area contributed by atoms with Gasteiger partial charge in [0, 0.05) is 25.7 Å². The number of nitrogens with one attached hydrogen (secondary N) is 1. The Balaban J connectivity index is 1.74. The third kappa shape index (κ3) is 4.37. The number of amides is 1. The van der Waals surface area contributed by atoms with Crippen LogP contribution in [0.5, 0.6) is 0 Å². The summed E-state index contributed by atoms with van der Waals surface area (Å²) < 4.78 is 14.3. The first-order valence-corrected chi connectivity index (χ1v) is 6.20. The van der Waals surface area contributed by atoms with E-state index in [4.69, 9.17) is 11.6 Å². The van der Waals surface area contributed by atoms with Crippen LogP contribution in [0.4, 0.5) is 4.39 Å². The fraction of sp³-hybridized carbons (Fsp3) is 0.231. The zero-order chi connectivity index (χ0) is 13.7. The van der Waals surface area contributed by atoms with Crippen molar-refractivity contribution in [2.24, 2.45) is 0 Å². The molecule has 1 N–H and O–H groups in total. The number of halogens is 2. The van der Waals surface area contributed by atoms with Crippen LogP contribution >= 0.6 is 11.6 Å². The second-order valence-electron chi connectivity index (χ2n) is 4.07. The number of aromatic nitrogens is 2. The Kier molecular flexibility index (Phi) is 4.52. The van der Waals surface area contributed by atoms with E-state index in [1.807, 2.05) is 0 Å². The van der Waals surface area contributed by atoms with Gasteiger partial charge in [-0.3, -0.25) is 9.48 Å². The van der Waals surface area contributed by atoms with E-state index in [-0.39, 0.29) is 11.7 Å². The van der Waals surface area contributed by atoms with Gasteiger partial charge in [0.1, 0.15) is 5.82 Å². The fourth-order valence-electron chi connectivity index (χ4n) is 1.57. The van der Waals surface area contributed by atoms with Crippen LogP contribution in [-0.4, -0.2) is 15.7 Å². The van der Waals surface area contributed by atoms with Crippen LogP contribution in [0.1, 0.15) is 12.0 Å². The highest BCUT2D eigenvalue weighted by Gasteiger charge is 2.03. The summed E-state index contributed by atoms with van der Waals surface area (Å²) in [5.41, 5.74) is 0.858. The van der Waals surface area contributed by atoms with Crippen LogP contribution in [0, 0.1) is 5.82 Å². The molecule has 0 spiro atoms. The average molecular weight is 282 g/mol. The van der Waals surface area contributed by atoms with Gasteiger partial charge in [-0.15, -0.1) is 0 Å². The Hall–Kier alpha value is -1.88. The number of benzene rings is 1. The van der Waals surface area contributed by atoms with Crippen molar-refractivity contribution in [3.8, 4) is 0 Å². The lowest BCUT2D eigenvalue weighted by Crippen LogP contribution is -2.24. The van der Waals surface area contributed by atoms with Crippen LogP contribution in [-0.2, 0) is 17.9 Å². The smallest absolute Gasteiger partial charge is 0.222 e. The van der Waals surface area contributed by atoms with E-state index in [1.165, 1.54) is 18.3 Å². The highest BCUT2D eigenvalue weighted by molar-refractivity contribution is 6.30. The lowest BCUT2D eigenvalue weighted by atomic mass is 10.2. The molecule has 2 rings (SSSR count). The first-order valence-electron chi connectivity index (χ1n) is 5.82. The second-order valence-corrected chi connectivity index (χ2v) is 4.51. The van der Waals surface area contributed by atoms with Crippen LogP contribution < -0.4 is 5.32 Å². The summed E-state index contributed by atoms with van der Waals surface area (Å²) in [6.07, 6.45) is 3.51. The molecule has 19 heavy (non-hydrogen) atoms. The van der Waals surface area contributed by atoms with Gasteiger partial charge in [0.2, 0.25) is 5.91 Å². The molecule has 1 heterocycles. The molecule has 100 valence electrons. The normalized spacial score (nSPS) is 10.4. The van der Waals surface area contributed by atoms with E-state index in [1.54, 1.807) is 23.0 Å². The molecule has 0 bridgehead atoms. The van der Waals surface area contributed by atoms with Crippen molar-refractivity contribution in [2.45, 2.75) is 19.5 Å². The molecule has 0 unspecified atom stereocenters. The number of rotatable bonds is 5. The van der Waals surface area contributed by atoms with Gasteiger partial charge < -0.3 is 5.32 Å². The van der Waals surface area contributed by atoms with Crippen molar-refractivity contribution in [1.82, 2.24) is 15.1 Å². The van der Waals surface area contributed by atoms with Crippen LogP contribution in [0.3, 0.4) is 0 Å². The molecule has 0 aliphatic carbocycles. The number of hydrogen-bond acceptors (Lipinski definition) is 2. The zero-order valence-corrected chi connectivity index (χ0v) is 10.9. The summed E-state index contributed by atoms with van der Waals surface area (Å²) in [6.45, 7) is 0.862. The monoisotopic (exact) mass is 281 g/mol. The van der Waals surface area contributed by atoms with Crippen LogP contribution in [0.15, 0.2) is 36.7 Å². The molecule has 1 amide bonds. The van der Waals surface area contributed by atoms with Crippen molar-refractivity contribution in [3.05, 3.63) is 53.1 Å². The molecule has 4 nitrogen and oxygen atoms in total. The molecular weight excluding hydrogens is 269 g/mol. The van der Waals surface area contributed by atoms with Crippen LogP contribution in [0.2, 0.25) is 5.02 Å². The van der Waals surface area contributed by atoms with E-state index >= 15 is 0 Å². The number of carbonyl (C=O) groups is 1. The maximum absolute atomic E-state index is 12.7. The first kappa shape index (κ1) is 13.5. The third-order valence-corrected chi connectivity index (χ3v) is 2.77. The second kappa shape index (κ2) is 6.33. The molecule has 0 saturated carbocycles. The third-order valence-electron chi connectivity index (χ3n) is 2.57. The van der Waals surface area contributed by atoms with Gasteiger partial charge >= 0.3 is 0 Å². The molecule has 6 heteroatoms. The number of nitrogens with zero attached hydrogens (tertiary/aromatic N) is 2.